The molecule has 1 aliphatic heterocycles. The summed E-state index contributed by atoms with van der Waals surface area (Å²) in [4.78, 5) is 25.7. The van der Waals surface area contributed by atoms with Gasteiger partial charge in [0.2, 0.25) is 5.91 Å². The molecule has 0 unspecified atom stereocenters. The van der Waals surface area contributed by atoms with Gasteiger partial charge in [0.15, 0.2) is 0 Å². The number of hydrogen-bond acceptors (Lipinski definition) is 4. The fraction of sp³-hybridized carbons (Fsp3) is 0.312. The Kier molecular flexibility index (Phi) is 5.30. The van der Waals surface area contributed by atoms with Crippen LogP contribution in [-0.2, 0) is 9.59 Å². The average Bonchev–Trinajstić information content (AvgIpc) is 2.77. The van der Waals surface area contributed by atoms with Crippen molar-refractivity contribution < 1.29 is 14.3 Å². The van der Waals surface area contributed by atoms with Crippen LogP contribution in [-0.4, -0.2) is 18.4 Å². The van der Waals surface area contributed by atoms with Crippen LogP contribution < -0.4 is 9.64 Å². The molecule has 1 aromatic carbocycles. The fourth-order valence-corrected chi connectivity index (χ4v) is 2.72. The lowest BCUT2D eigenvalue weighted by atomic mass is 10.1. The number of benzene rings is 1. The van der Waals surface area contributed by atoms with Gasteiger partial charge in [-0.25, -0.2) is 4.90 Å². The summed E-state index contributed by atoms with van der Waals surface area (Å²) in [6.07, 6.45) is 0.239. The average molecular weight is 353 g/mol. The van der Waals surface area contributed by atoms with Crippen molar-refractivity contribution in [1.29, 1.82) is 5.26 Å². The van der Waals surface area contributed by atoms with Gasteiger partial charge in [-0.3, -0.25) is 9.59 Å². The lowest BCUT2D eigenvalue weighted by molar-refractivity contribution is -0.120. The highest BCUT2D eigenvalue weighted by Crippen LogP contribution is 2.39. The van der Waals surface area contributed by atoms with E-state index in [1.54, 1.807) is 13.8 Å². The second-order valence-electron chi connectivity index (χ2n) is 5.18. The van der Waals surface area contributed by atoms with Crippen molar-refractivity contribution in [3.05, 3.63) is 33.3 Å². The van der Waals surface area contributed by atoms with Crippen molar-refractivity contribution in [3.8, 4) is 11.8 Å². The Hall–Kier alpha value is -2.03. The van der Waals surface area contributed by atoms with Crippen LogP contribution in [0, 0.1) is 11.3 Å². The molecule has 0 radical (unpaired) electrons. The monoisotopic (exact) mass is 352 g/mol. The third-order valence-electron chi connectivity index (χ3n) is 3.36. The third kappa shape index (κ3) is 3.49. The maximum absolute atomic E-state index is 12.4. The van der Waals surface area contributed by atoms with Gasteiger partial charge in [-0.05, 0) is 19.9 Å². The van der Waals surface area contributed by atoms with E-state index in [4.69, 9.17) is 33.2 Å². The molecule has 0 bridgehead atoms. The van der Waals surface area contributed by atoms with Crippen LogP contribution in [0.25, 0.3) is 0 Å². The SMILES string of the molecule is CC(C)=C1CC(=O)N(c2cc(OCCC#N)c(Cl)cc2Cl)C1=O. The van der Waals surface area contributed by atoms with E-state index in [2.05, 4.69) is 0 Å². The summed E-state index contributed by atoms with van der Waals surface area (Å²) in [7, 11) is 0. The Balaban J connectivity index is 2.41. The number of carbonyl (C=O) groups is 2. The number of amides is 2. The minimum atomic E-state index is -0.387. The van der Waals surface area contributed by atoms with E-state index < -0.39 is 0 Å². The lowest BCUT2D eigenvalue weighted by Gasteiger charge is -2.17. The number of allylic oxidation sites excluding steroid dienone is 1. The largest absolute Gasteiger partial charge is 0.491 e. The first-order valence-electron chi connectivity index (χ1n) is 6.89. The van der Waals surface area contributed by atoms with Crippen LogP contribution in [0.2, 0.25) is 10.0 Å². The van der Waals surface area contributed by atoms with Crippen molar-refractivity contribution in [3.63, 3.8) is 0 Å². The van der Waals surface area contributed by atoms with Crippen molar-refractivity contribution in [2.24, 2.45) is 0 Å². The molecule has 0 aliphatic carbocycles. The van der Waals surface area contributed by atoms with Crippen LogP contribution >= 0.6 is 23.2 Å². The Morgan fingerprint density at radius 1 is 1.30 bits per heavy atom. The molecule has 1 heterocycles. The van der Waals surface area contributed by atoms with E-state index in [1.807, 2.05) is 6.07 Å². The van der Waals surface area contributed by atoms with E-state index in [0.29, 0.717) is 5.57 Å². The fourth-order valence-electron chi connectivity index (χ4n) is 2.20. The first-order chi connectivity index (χ1) is 10.9. The van der Waals surface area contributed by atoms with E-state index in [-0.39, 0.29) is 52.7 Å². The van der Waals surface area contributed by atoms with E-state index in [0.717, 1.165) is 10.5 Å². The molecule has 2 rings (SSSR count). The quantitative estimate of drug-likeness (QED) is 0.468. The zero-order valence-electron chi connectivity index (χ0n) is 12.7. The van der Waals surface area contributed by atoms with Gasteiger partial charge in [-0.1, -0.05) is 28.8 Å². The zero-order valence-corrected chi connectivity index (χ0v) is 14.2. The predicted octanol–water partition coefficient (Wildman–Crippen LogP) is 3.89. The summed E-state index contributed by atoms with van der Waals surface area (Å²) in [5.74, 6) is -0.465. The molecule has 0 atom stereocenters. The predicted molar refractivity (Wildman–Crippen MR) is 87.7 cm³/mol. The molecule has 0 spiro atoms. The Bertz CT molecular complexity index is 746. The van der Waals surface area contributed by atoms with Gasteiger partial charge in [0, 0.05) is 11.6 Å². The van der Waals surface area contributed by atoms with Crippen LogP contribution in [0.15, 0.2) is 23.3 Å². The molecule has 0 aromatic heterocycles. The lowest BCUT2D eigenvalue weighted by Crippen LogP contribution is -2.29. The number of rotatable bonds is 4. The smallest absolute Gasteiger partial charge is 0.261 e. The summed E-state index contributed by atoms with van der Waals surface area (Å²) in [6, 6.07) is 4.82. The standard InChI is InChI=1S/C16H14Cl2N2O3/c1-9(2)10-6-15(21)20(16(10)22)13-8-14(23-5-3-4-19)12(18)7-11(13)17/h7-8H,3,5-6H2,1-2H3. The maximum Gasteiger partial charge on any atom is 0.261 e. The summed E-state index contributed by atoms with van der Waals surface area (Å²) in [5.41, 5.74) is 1.49. The van der Waals surface area contributed by atoms with E-state index in [1.165, 1.54) is 12.1 Å². The molecular weight excluding hydrogens is 339 g/mol. The molecule has 120 valence electrons. The molecular formula is C16H14Cl2N2O3. The molecule has 1 aliphatic rings. The summed E-state index contributed by atoms with van der Waals surface area (Å²) < 4.78 is 5.40. The first kappa shape index (κ1) is 17.3. The number of nitriles is 1. The topological polar surface area (TPSA) is 70.4 Å². The third-order valence-corrected chi connectivity index (χ3v) is 3.95. The summed E-state index contributed by atoms with van der Waals surface area (Å²) in [5, 5.41) is 8.98. The van der Waals surface area contributed by atoms with Gasteiger partial charge < -0.3 is 4.74 Å². The number of ether oxygens (including phenoxy) is 1. The van der Waals surface area contributed by atoms with Gasteiger partial charge in [0.05, 0.1) is 34.6 Å². The normalized spacial score (nSPS) is 14.2. The van der Waals surface area contributed by atoms with Crippen LogP contribution in [0.1, 0.15) is 26.7 Å². The van der Waals surface area contributed by atoms with Gasteiger partial charge in [0.1, 0.15) is 12.4 Å². The number of halogens is 2. The highest BCUT2D eigenvalue weighted by Gasteiger charge is 2.37. The molecule has 1 fully saturated rings. The van der Waals surface area contributed by atoms with Crippen LogP contribution in [0.5, 0.6) is 5.75 Å². The molecule has 1 aromatic rings. The molecule has 23 heavy (non-hydrogen) atoms. The molecule has 0 N–H and O–H groups in total. The number of nitrogens with zero attached hydrogens (tertiary/aromatic N) is 2. The molecule has 0 saturated carbocycles. The second kappa shape index (κ2) is 7.03. The highest BCUT2D eigenvalue weighted by molar-refractivity contribution is 6.39. The van der Waals surface area contributed by atoms with E-state index in [9.17, 15) is 9.59 Å². The van der Waals surface area contributed by atoms with E-state index >= 15 is 0 Å². The Labute approximate surface area is 144 Å². The summed E-state index contributed by atoms with van der Waals surface area (Å²) in [6.45, 7) is 3.71. The second-order valence-corrected chi connectivity index (χ2v) is 5.99. The number of imide groups is 1. The van der Waals surface area contributed by atoms with Crippen molar-refractivity contribution in [2.75, 3.05) is 11.5 Å². The van der Waals surface area contributed by atoms with Crippen LogP contribution in [0.3, 0.4) is 0 Å². The Morgan fingerprint density at radius 3 is 2.57 bits per heavy atom. The number of hydrogen-bond donors (Lipinski definition) is 0. The van der Waals surface area contributed by atoms with Crippen molar-refractivity contribution in [2.45, 2.75) is 26.7 Å². The molecule has 1 saturated heterocycles. The van der Waals surface area contributed by atoms with Gasteiger partial charge in [-0.15, -0.1) is 0 Å². The van der Waals surface area contributed by atoms with Gasteiger partial charge in [-0.2, -0.15) is 5.26 Å². The number of anilines is 1. The minimum absolute atomic E-state index is 0.0464. The van der Waals surface area contributed by atoms with Crippen LogP contribution in [0.4, 0.5) is 5.69 Å². The minimum Gasteiger partial charge on any atom is -0.491 e. The molecule has 7 heteroatoms. The van der Waals surface area contributed by atoms with Crippen molar-refractivity contribution >= 4 is 40.7 Å². The zero-order chi connectivity index (χ0) is 17.1. The summed E-state index contributed by atoms with van der Waals surface area (Å²) >= 11 is 12.2. The van der Waals surface area contributed by atoms with Gasteiger partial charge in [0.25, 0.3) is 5.91 Å². The first-order valence-corrected chi connectivity index (χ1v) is 7.64. The number of carbonyl (C=O) groups excluding carboxylic acids is 2. The van der Waals surface area contributed by atoms with Gasteiger partial charge >= 0.3 is 0 Å². The van der Waals surface area contributed by atoms with Crippen molar-refractivity contribution in [1.82, 2.24) is 0 Å². The maximum atomic E-state index is 12.4. The Morgan fingerprint density at radius 2 is 2.00 bits per heavy atom. The molecule has 2 amide bonds. The molecule has 5 nitrogen and oxygen atoms in total. The highest BCUT2D eigenvalue weighted by atomic mass is 35.5.